The minimum atomic E-state index is -1.03. The summed E-state index contributed by atoms with van der Waals surface area (Å²) in [7, 11) is 3.35. The molecule has 0 saturated heterocycles. The number of hydrogen-bond donors (Lipinski definition) is 1. The van der Waals surface area contributed by atoms with Gasteiger partial charge in [0, 0.05) is 18.2 Å². The average molecular weight is 463 g/mol. The normalized spacial score (nSPS) is 27.0. The Morgan fingerprint density at radius 3 is 2.21 bits per heavy atom. The van der Waals surface area contributed by atoms with Gasteiger partial charge >= 0.3 is 5.97 Å². The van der Waals surface area contributed by atoms with Crippen LogP contribution in [0.3, 0.4) is 0 Å². The molecule has 0 unspecified atom stereocenters. The first-order valence-corrected chi connectivity index (χ1v) is 12.2. The van der Waals surface area contributed by atoms with Crippen molar-refractivity contribution in [2.24, 2.45) is 17.8 Å². The molecule has 4 bridgehead atoms. The van der Waals surface area contributed by atoms with Gasteiger partial charge in [-0.1, -0.05) is 12.6 Å². The van der Waals surface area contributed by atoms with Gasteiger partial charge in [0.1, 0.15) is 11.5 Å². The lowest BCUT2D eigenvalue weighted by molar-refractivity contribution is -0.130. The summed E-state index contributed by atoms with van der Waals surface area (Å²) in [4.78, 5) is 11.6. The number of benzene rings is 2. The van der Waals surface area contributed by atoms with E-state index in [4.69, 9.17) is 14.2 Å². The van der Waals surface area contributed by atoms with Crippen LogP contribution in [0.1, 0.15) is 55.2 Å². The van der Waals surface area contributed by atoms with Gasteiger partial charge in [-0.2, -0.15) is 0 Å². The highest BCUT2D eigenvalue weighted by molar-refractivity contribution is 6.14. The van der Waals surface area contributed by atoms with E-state index < -0.39 is 5.97 Å². The summed E-state index contributed by atoms with van der Waals surface area (Å²) < 4.78 is 17.0. The SMILES string of the molecule is C=C(C(=O)O)c1ccc(OCOC)c(-c2cc(C34CC5CC(CC(C5)C3)C4)c(OC)cc2C)c1. The maximum atomic E-state index is 11.6. The van der Waals surface area contributed by atoms with E-state index in [0.29, 0.717) is 11.3 Å². The van der Waals surface area contributed by atoms with E-state index in [-0.39, 0.29) is 17.8 Å². The molecule has 0 amide bonds. The zero-order valence-corrected chi connectivity index (χ0v) is 20.4. The highest BCUT2D eigenvalue weighted by Gasteiger charge is 2.52. The Morgan fingerprint density at radius 1 is 1.00 bits per heavy atom. The molecule has 5 nitrogen and oxygen atoms in total. The number of rotatable bonds is 8. The summed E-state index contributed by atoms with van der Waals surface area (Å²) in [5.41, 5.74) is 5.05. The molecule has 2 aromatic rings. The van der Waals surface area contributed by atoms with Gasteiger partial charge in [-0.3, -0.25) is 0 Å². The zero-order chi connectivity index (χ0) is 24.0. The van der Waals surface area contributed by atoms with Crippen molar-refractivity contribution in [2.45, 2.75) is 50.9 Å². The number of hydrogen-bond acceptors (Lipinski definition) is 4. The van der Waals surface area contributed by atoms with Crippen molar-refractivity contribution in [1.82, 2.24) is 0 Å². The molecule has 4 aliphatic carbocycles. The maximum absolute atomic E-state index is 11.6. The molecule has 0 aromatic heterocycles. The van der Waals surface area contributed by atoms with Crippen LogP contribution in [0.5, 0.6) is 11.5 Å². The summed E-state index contributed by atoms with van der Waals surface area (Å²) in [6.07, 6.45) is 7.86. The minimum Gasteiger partial charge on any atom is -0.496 e. The first-order chi connectivity index (χ1) is 16.3. The van der Waals surface area contributed by atoms with E-state index in [2.05, 4.69) is 25.6 Å². The van der Waals surface area contributed by atoms with Crippen LogP contribution >= 0.6 is 0 Å². The number of aliphatic carboxylic acids is 1. The van der Waals surface area contributed by atoms with Crippen molar-refractivity contribution in [2.75, 3.05) is 21.0 Å². The molecule has 5 heteroatoms. The fourth-order valence-electron chi connectivity index (χ4n) is 7.30. The smallest absolute Gasteiger partial charge is 0.335 e. The van der Waals surface area contributed by atoms with Gasteiger partial charge in [0.15, 0.2) is 6.79 Å². The highest BCUT2D eigenvalue weighted by atomic mass is 16.7. The fourth-order valence-corrected chi connectivity index (χ4v) is 7.30. The predicted octanol–water partition coefficient (Wildman–Crippen LogP) is 6.22. The molecule has 0 spiro atoms. The lowest BCUT2D eigenvalue weighted by Gasteiger charge is -2.57. The van der Waals surface area contributed by atoms with Crippen LogP contribution in [0, 0.1) is 24.7 Å². The standard InChI is InChI=1S/C29H34O5/c1-17-7-27(33-4)25(29-13-19-8-20(14-29)10-21(9-19)15-29)12-23(17)24-11-22(18(2)28(30)31)5-6-26(24)34-16-32-3/h5-7,11-12,19-21H,2,8-10,13-16H2,1,3-4H3,(H,30,31). The van der Waals surface area contributed by atoms with Gasteiger partial charge in [-0.15, -0.1) is 0 Å². The molecule has 1 N–H and O–H groups in total. The Morgan fingerprint density at radius 2 is 1.65 bits per heavy atom. The number of aryl methyl sites for hydroxylation is 1. The fraction of sp³-hybridized carbons (Fsp3) is 0.483. The van der Waals surface area contributed by atoms with Gasteiger partial charge in [0.25, 0.3) is 0 Å². The van der Waals surface area contributed by atoms with Gasteiger partial charge in [-0.25, -0.2) is 4.79 Å². The van der Waals surface area contributed by atoms with Crippen LogP contribution < -0.4 is 9.47 Å². The number of carboxylic acid groups (broad SMARTS) is 1. The van der Waals surface area contributed by atoms with E-state index in [1.54, 1.807) is 20.3 Å². The van der Waals surface area contributed by atoms with Crippen LogP contribution in [-0.4, -0.2) is 32.1 Å². The Bertz CT molecular complexity index is 1100. The van der Waals surface area contributed by atoms with Gasteiger partial charge in [0.05, 0.1) is 12.7 Å². The summed E-state index contributed by atoms with van der Waals surface area (Å²) in [5.74, 6) is 3.06. The molecule has 2 aromatic carbocycles. The lowest BCUT2D eigenvalue weighted by Crippen LogP contribution is -2.48. The zero-order valence-electron chi connectivity index (χ0n) is 20.4. The van der Waals surface area contributed by atoms with E-state index in [9.17, 15) is 9.90 Å². The van der Waals surface area contributed by atoms with Crippen LogP contribution in [0.15, 0.2) is 36.9 Å². The van der Waals surface area contributed by atoms with Crippen molar-refractivity contribution < 1.29 is 24.1 Å². The van der Waals surface area contributed by atoms with Gasteiger partial charge < -0.3 is 19.3 Å². The number of carboxylic acids is 1. The quantitative estimate of drug-likeness (QED) is 0.373. The second kappa shape index (κ2) is 8.77. The second-order valence-corrected chi connectivity index (χ2v) is 10.6. The van der Waals surface area contributed by atoms with Crippen molar-refractivity contribution >= 4 is 11.5 Å². The number of ether oxygens (including phenoxy) is 3. The number of methoxy groups -OCH3 is 2. The van der Waals surface area contributed by atoms with Crippen molar-refractivity contribution in [1.29, 1.82) is 0 Å². The van der Waals surface area contributed by atoms with Crippen LogP contribution in [-0.2, 0) is 14.9 Å². The van der Waals surface area contributed by atoms with Crippen molar-refractivity contribution in [3.05, 3.63) is 53.6 Å². The van der Waals surface area contributed by atoms with E-state index in [0.717, 1.165) is 40.2 Å². The monoisotopic (exact) mass is 462 g/mol. The first kappa shape index (κ1) is 23.0. The third kappa shape index (κ3) is 3.90. The average Bonchev–Trinajstić information content (AvgIpc) is 2.81. The maximum Gasteiger partial charge on any atom is 0.335 e. The molecule has 0 radical (unpaired) electrons. The second-order valence-electron chi connectivity index (χ2n) is 10.6. The third-order valence-electron chi connectivity index (χ3n) is 8.36. The van der Waals surface area contributed by atoms with E-state index in [1.807, 2.05) is 12.1 Å². The lowest BCUT2D eigenvalue weighted by atomic mass is 9.48. The topological polar surface area (TPSA) is 65.0 Å². The van der Waals surface area contributed by atoms with Crippen molar-refractivity contribution in [3.8, 4) is 22.6 Å². The summed E-state index contributed by atoms with van der Waals surface area (Å²) >= 11 is 0. The molecule has 180 valence electrons. The molecular formula is C29H34O5. The van der Waals surface area contributed by atoms with Crippen LogP contribution in [0.25, 0.3) is 16.7 Å². The highest BCUT2D eigenvalue weighted by Crippen LogP contribution is 2.62. The molecule has 0 atom stereocenters. The summed E-state index contributed by atoms with van der Waals surface area (Å²) in [6, 6.07) is 9.86. The molecular weight excluding hydrogens is 428 g/mol. The Labute approximate surface area is 201 Å². The third-order valence-corrected chi connectivity index (χ3v) is 8.36. The number of carbonyl (C=O) groups is 1. The summed E-state index contributed by atoms with van der Waals surface area (Å²) in [6.45, 7) is 5.94. The predicted molar refractivity (Wildman–Crippen MR) is 132 cm³/mol. The molecule has 0 aliphatic heterocycles. The first-order valence-electron chi connectivity index (χ1n) is 12.2. The Hall–Kier alpha value is -2.79. The van der Waals surface area contributed by atoms with Gasteiger partial charge in [-0.05, 0) is 110 Å². The summed E-state index contributed by atoms with van der Waals surface area (Å²) in [5, 5.41) is 9.50. The molecule has 6 rings (SSSR count). The molecule has 4 fully saturated rings. The largest absolute Gasteiger partial charge is 0.496 e. The van der Waals surface area contributed by atoms with E-state index in [1.165, 1.54) is 44.1 Å². The van der Waals surface area contributed by atoms with Crippen molar-refractivity contribution in [3.63, 3.8) is 0 Å². The molecule has 4 aliphatic rings. The van der Waals surface area contributed by atoms with Gasteiger partial charge in [0.2, 0.25) is 0 Å². The molecule has 34 heavy (non-hydrogen) atoms. The van der Waals surface area contributed by atoms with Crippen LogP contribution in [0.2, 0.25) is 0 Å². The van der Waals surface area contributed by atoms with E-state index >= 15 is 0 Å². The Kier molecular flexibility index (Phi) is 5.93. The minimum absolute atomic E-state index is 0.0620. The van der Waals surface area contributed by atoms with Crippen LogP contribution in [0.4, 0.5) is 0 Å². The Balaban J connectivity index is 1.65. The molecule has 4 saturated carbocycles. The molecule has 0 heterocycles.